The van der Waals surface area contributed by atoms with Gasteiger partial charge >= 0.3 is 15.6 Å². The van der Waals surface area contributed by atoms with Crippen LogP contribution < -0.4 is 4.18 Å². The van der Waals surface area contributed by atoms with Gasteiger partial charge in [-0.1, -0.05) is 0 Å². The molecule has 0 spiro atoms. The molecule has 3 rings (SSSR count). The SMILES string of the molecule is O=S(=O)(Oc1ccc2ncc3c(c2c1)CCOC3)C(F)(F)F. The van der Waals surface area contributed by atoms with Crippen LogP contribution in [-0.4, -0.2) is 25.5 Å². The number of fused-ring (bicyclic) bond motifs is 3. The molecule has 0 atom stereocenters. The highest BCUT2D eigenvalue weighted by Crippen LogP contribution is 2.31. The minimum atomic E-state index is -5.69. The lowest BCUT2D eigenvalue weighted by atomic mass is 10.00. The zero-order chi connectivity index (χ0) is 16.0. The number of hydrogen-bond acceptors (Lipinski definition) is 5. The number of rotatable bonds is 2. The number of benzene rings is 1. The van der Waals surface area contributed by atoms with E-state index in [1.165, 1.54) is 12.1 Å². The third-order valence-electron chi connectivity index (χ3n) is 3.28. The normalized spacial score (nSPS) is 15.6. The molecule has 0 fully saturated rings. The van der Waals surface area contributed by atoms with Crippen molar-refractivity contribution in [2.24, 2.45) is 0 Å². The molecule has 1 aliphatic heterocycles. The van der Waals surface area contributed by atoms with Gasteiger partial charge in [-0.15, -0.1) is 0 Å². The van der Waals surface area contributed by atoms with Crippen molar-refractivity contribution in [2.75, 3.05) is 6.61 Å². The standard InChI is InChI=1S/C13H10F3NO4S/c14-13(15,16)22(18,19)21-9-1-2-12-11(5-9)10-3-4-20-7-8(10)6-17-12/h1-2,5-6H,3-4,7H2. The molecule has 1 aliphatic rings. The predicted molar refractivity (Wildman–Crippen MR) is 70.7 cm³/mol. The maximum Gasteiger partial charge on any atom is 0.534 e. The highest BCUT2D eigenvalue weighted by Gasteiger charge is 2.48. The number of pyridine rings is 1. The van der Waals surface area contributed by atoms with E-state index in [9.17, 15) is 21.6 Å². The molecule has 5 nitrogen and oxygen atoms in total. The highest BCUT2D eigenvalue weighted by atomic mass is 32.2. The molecule has 1 aromatic carbocycles. The smallest absolute Gasteiger partial charge is 0.376 e. The summed E-state index contributed by atoms with van der Waals surface area (Å²) in [6.45, 7) is 0.849. The zero-order valence-electron chi connectivity index (χ0n) is 11.1. The maximum atomic E-state index is 12.4. The van der Waals surface area contributed by atoms with E-state index in [0.29, 0.717) is 30.5 Å². The number of ether oxygens (including phenoxy) is 1. The van der Waals surface area contributed by atoms with Crippen LogP contribution in [0.25, 0.3) is 10.9 Å². The summed E-state index contributed by atoms with van der Waals surface area (Å²) < 4.78 is 68.7. The Morgan fingerprint density at radius 3 is 2.77 bits per heavy atom. The molecule has 0 unspecified atom stereocenters. The van der Waals surface area contributed by atoms with Gasteiger partial charge in [0.2, 0.25) is 0 Å². The predicted octanol–water partition coefficient (Wildman–Crippen LogP) is 2.54. The fraction of sp³-hybridized carbons (Fsp3) is 0.308. The lowest BCUT2D eigenvalue weighted by molar-refractivity contribution is -0.0500. The van der Waals surface area contributed by atoms with E-state index in [2.05, 4.69) is 9.17 Å². The maximum absolute atomic E-state index is 12.4. The number of aromatic nitrogens is 1. The van der Waals surface area contributed by atoms with E-state index in [-0.39, 0.29) is 0 Å². The molecule has 0 bridgehead atoms. The molecule has 22 heavy (non-hydrogen) atoms. The summed E-state index contributed by atoms with van der Waals surface area (Å²) in [6, 6.07) is 3.83. The molecule has 9 heteroatoms. The molecule has 0 N–H and O–H groups in total. The van der Waals surface area contributed by atoms with Gasteiger partial charge in [-0.3, -0.25) is 4.98 Å². The Bertz CT molecular complexity index is 833. The van der Waals surface area contributed by atoms with E-state index in [4.69, 9.17) is 4.74 Å². The minimum absolute atomic E-state index is 0.365. The van der Waals surface area contributed by atoms with Crippen molar-refractivity contribution in [1.29, 1.82) is 0 Å². The van der Waals surface area contributed by atoms with E-state index < -0.39 is 21.4 Å². The third kappa shape index (κ3) is 2.61. The summed E-state index contributed by atoms with van der Waals surface area (Å²) in [5.74, 6) is -0.397. The van der Waals surface area contributed by atoms with Crippen LogP contribution in [0.15, 0.2) is 24.4 Å². The Hall–Kier alpha value is -1.87. The summed E-state index contributed by atoms with van der Waals surface area (Å²) >= 11 is 0. The van der Waals surface area contributed by atoms with Crippen molar-refractivity contribution >= 4 is 21.0 Å². The minimum Gasteiger partial charge on any atom is -0.376 e. The lowest BCUT2D eigenvalue weighted by Gasteiger charge is -2.18. The summed E-state index contributed by atoms with van der Waals surface area (Å²) in [5.41, 5.74) is -3.21. The highest BCUT2D eigenvalue weighted by molar-refractivity contribution is 7.88. The van der Waals surface area contributed by atoms with Gasteiger partial charge in [-0.25, -0.2) is 0 Å². The van der Waals surface area contributed by atoms with Crippen molar-refractivity contribution in [3.8, 4) is 5.75 Å². The van der Waals surface area contributed by atoms with Crippen LogP contribution in [0, 0.1) is 0 Å². The van der Waals surface area contributed by atoms with Crippen LogP contribution in [0.2, 0.25) is 0 Å². The van der Waals surface area contributed by atoms with Crippen LogP contribution in [0.5, 0.6) is 5.75 Å². The summed E-state index contributed by atoms with van der Waals surface area (Å²) in [6.07, 6.45) is 2.22. The average molecular weight is 333 g/mol. The largest absolute Gasteiger partial charge is 0.534 e. The first-order valence-electron chi connectivity index (χ1n) is 6.27. The van der Waals surface area contributed by atoms with Crippen LogP contribution >= 0.6 is 0 Å². The molecule has 118 valence electrons. The van der Waals surface area contributed by atoms with Crippen molar-refractivity contribution in [2.45, 2.75) is 18.5 Å². The van der Waals surface area contributed by atoms with Crippen LogP contribution in [0.4, 0.5) is 13.2 Å². The molecular weight excluding hydrogens is 323 g/mol. The van der Waals surface area contributed by atoms with Crippen LogP contribution in [0.3, 0.4) is 0 Å². The molecule has 1 aromatic heterocycles. The van der Waals surface area contributed by atoms with Gasteiger partial charge in [0.15, 0.2) is 0 Å². The Morgan fingerprint density at radius 1 is 1.27 bits per heavy atom. The summed E-state index contributed by atoms with van der Waals surface area (Å²) in [5, 5.41) is 0.565. The first kappa shape index (κ1) is 15.0. The lowest BCUT2D eigenvalue weighted by Crippen LogP contribution is -2.28. The number of nitrogens with zero attached hydrogens (tertiary/aromatic N) is 1. The topological polar surface area (TPSA) is 65.5 Å². The second-order valence-electron chi connectivity index (χ2n) is 4.73. The third-order valence-corrected chi connectivity index (χ3v) is 4.26. The molecule has 0 saturated carbocycles. The number of alkyl halides is 3. The first-order chi connectivity index (χ1) is 10.3. The van der Waals surface area contributed by atoms with Crippen molar-refractivity contribution in [1.82, 2.24) is 4.98 Å². The second kappa shape index (κ2) is 5.10. The molecular formula is C13H10F3NO4S. The summed E-state index contributed by atoms with van der Waals surface area (Å²) in [7, 11) is -5.69. The fourth-order valence-corrected chi connectivity index (χ4v) is 2.72. The Morgan fingerprint density at radius 2 is 2.05 bits per heavy atom. The molecule has 0 radical (unpaired) electrons. The fourth-order valence-electron chi connectivity index (χ4n) is 2.27. The van der Waals surface area contributed by atoms with E-state index >= 15 is 0 Å². The van der Waals surface area contributed by atoms with E-state index in [0.717, 1.165) is 17.2 Å². The van der Waals surface area contributed by atoms with Gasteiger partial charge in [-0.2, -0.15) is 21.6 Å². The van der Waals surface area contributed by atoms with Gasteiger partial charge in [0.1, 0.15) is 5.75 Å². The monoisotopic (exact) mass is 333 g/mol. The molecule has 0 amide bonds. The Balaban J connectivity index is 2.06. The number of hydrogen-bond donors (Lipinski definition) is 0. The van der Waals surface area contributed by atoms with Crippen LogP contribution in [-0.2, 0) is 27.9 Å². The van der Waals surface area contributed by atoms with Crippen molar-refractivity contribution < 1.29 is 30.5 Å². The van der Waals surface area contributed by atoms with E-state index in [1.807, 2.05) is 0 Å². The van der Waals surface area contributed by atoms with Gasteiger partial charge in [0.25, 0.3) is 0 Å². The zero-order valence-corrected chi connectivity index (χ0v) is 11.9. The van der Waals surface area contributed by atoms with Gasteiger partial charge in [0, 0.05) is 11.6 Å². The Kier molecular flexibility index (Phi) is 3.48. The second-order valence-corrected chi connectivity index (χ2v) is 6.26. The summed E-state index contributed by atoms with van der Waals surface area (Å²) in [4.78, 5) is 4.17. The van der Waals surface area contributed by atoms with Crippen LogP contribution in [0.1, 0.15) is 11.1 Å². The van der Waals surface area contributed by atoms with Gasteiger partial charge in [0.05, 0.1) is 18.7 Å². The Labute approximate surface area is 123 Å². The average Bonchev–Trinajstić information content (AvgIpc) is 2.45. The quantitative estimate of drug-likeness (QED) is 0.624. The van der Waals surface area contributed by atoms with Gasteiger partial charge in [-0.05, 0) is 35.7 Å². The molecule has 2 aromatic rings. The molecule has 0 aliphatic carbocycles. The van der Waals surface area contributed by atoms with Crippen molar-refractivity contribution in [3.05, 3.63) is 35.5 Å². The molecule has 2 heterocycles. The first-order valence-corrected chi connectivity index (χ1v) is 7.68. The number of halogens is 3. The molecule has 0 saturated heterocycles. The van der Waals surface area contributed by atoms with E-state index in [1.54, 1.807) is 6.20 Å². The van der Waals surface area contributed by atoms with Gasteiger partial charge < -0.3 is 8.92 Å². The van der Waals surface area contributed by atoms with Crippen molar-refractivity contribution in [3.63, 3.8) is 0 Å².